The maximum atomic E-state index is 4.90. The van der Waals surface area contributed by atoms with Gasteiger partial charge in [-0.3, -0.25) is 0 Å². The second kappa shape index (κ2) is 2.35. The highest BCUT2D eigenvalue weighted by atomic mass is 32.1. The van der Waals surface area contributed by atoms with Gasteiger partial charge in [-0.15, -0.1) is 0 Å². The Balaban J connectivity index is 3.08. The second-order valence-electron chi connectivity index (χ2n) is 2.17. The smallest absolute Gasteiger partial charge is 0.268 e. The van der Waals surface area contributed by atoms with Crippen LogP contribution in [0.5, 0.6) is 0 Å². The highest BCUT2D eigenvalue weighted by Crippen LogP contribution is 2.05. The Morgan fingerprint density at radius 3 is 2.56 bits per heavy atom. The van der Waals surface area contributed by atoms with Gasteiger partial charge in [0.2, 0.25) is 0 Å². The van der Waals surface area contributed by atoms with Gasteiger partial charge in [-0.05, 0) is 26.1 Å². The molecule has 0 amide bonds. The first-order valence-corrected chi connectivity index (χ1v) is 3.28. The van der Waals surface area contributed by atoms with Crippen molar-refractivity contribution in [3.63, 3.8) is 0 Å². The summed E-state index contributed by atoms with van der Waals surface area (Å²) in [6.45, 7) is 4.12. The van der Waals surface area contributed by atoms with Crippen molar-refractivity contribution in [2.45, 2.75) is 19.9 Å². The van der Waals surface area contributed by atoms with Crippen LogP contribution in [-0.2, 0) is 0 Å². The van der Waals surface area contributed by atoms with Crippen LogP contribution in [0.25, 0.3) is 0 Å². The van der Waals surface area contributed by atoms with Crippen molar-refractivity contribution in [1.82, 2.24) is 4.57 Å². The average Bonchev–Trinajstić information content (AvgIpc) is 2.13. The third-order valence-corrected chi connectivity index (χ3v) is 1.46. The summed E-state index contributed by atoms with van der Waals surface area (Å²) in [7, 11) is 0. The van der Waals surface area contributed by atoms with Crippen molar-refractivity contribution in [1.29, 1.82) is 0 Å². The standard InChI is InChI=1S/C6H9NOS/c1-5(2)7-3-4-8-6(7)9/h3-5H,1-2H3. The number of nitrogens with zero attached hydrogens (tertiary/aromatic N) is 1. The van der Waals surface area contributed by atoms with E-state index in [1.165, 1.54) is 0 Å². The Morgan fingerprint density at radius 1 is 1.67 bits per heavy atom. The van der Waals surface area contributed by atoms with E-state index in [1.54, 1.807) is 6.26 Å². The Labute approximate surface area is 59.1 Å². The van der Waals surface area contributed by atoms with E-state index in [1.807, 2.05) is 10.8 Å². The molecule has 1 aromatic rings. The topological polar surface area (TPSA) is 18.1 Å². The van der Waals surface area contributed by atoms with Crippen LogP contribution >= 0.6 is 12.2 Å². The predicted molar refractivity (Wildman–Crippen MR) is 37.9 cm³/mol. The zero-order chi connectivity index (χ0) is 6.85. The van der Waals surface area contributed by atoms with E-state index in [0.717, 1.165) is 0 Å². The molecule has 0 spiro atoms. The molecule has 0 fully saturated rings. The number of rotatable bonds is 1. The summed E-state index contributed by atoms with van der Waals surface area (Å²) in [6, 6.07) is 0.399. The lowest BCUT2D eigenvalue weighted by atomic mass is 10.4. The molecule has 9 heavy (non-hydrogen) atoms. The molecule has 1 rings (SSSR count). The summed E-state index contributed by atoms with van der Waals surface area (Å²) in [5, 5.41) is 0. The van der Waals surface area contributed by atoms with E-state index < -0.39 is 0 Å². The summed E-state index contributed by atoms with van der Waals surface area (Å²) < 4.78 is 6.80. The lowest BCUT2D eigenvalue weighted by Gasteiger charge is -2.02. The van der Waals surface area contributed by atoms with Crippen LogP contribution in [0.1, 0.15) is 19.9 Å². The monoisotopic (exact) mass is 143 g/mol. The van der Waals surface area contributed by atoms with Gasteiger partial charge in [-0.2, -0.15) is 0 Å². The third-order valence-electron chi connectivity index (χ3n) is 1.16. The van der Waals surface area contributed by atoms with Crippen LogP contribution in [0, 0.1) is 4.84 Å². The lowest BCUT2D eigenvalue weighted by molar-refractivity contribution is 0.483. The molecule has 0 radical (unpaired) electrons. The van der Waals surface area contributed by atoms with E-state index in [4.69, 9.17) is 16.6 Å². The third kappa shape index (κ3) is 1.21. The molecule has 1 aromatic heterocycles. The molecule has 50 valence electrons. The highest BCUT2D eigenvalue weighted by Gasteiger charge is 1.96. The van der Waals surface area contributed by atoms with Crippen molar-refractivity contribution < 1.29 is 4.42 Å². The van der Waals surface area contributed by atoms with Crippen molar-refractivity contribution in [2.24, 2.45) is 0 Å². The van der Waals surface area contributed by atoms with Gasteiger partial charge in [0.05, 0.1) is 0 Å². The Hall–Kier alpha value is -0.570. The molecular formula is C6H9NOS. The van der Waals surface area contributed by atoms with Crippen LogP contribution in [0.4, 0.5) is 0 Å². The van der Waals surface area contributed by atoms with E-state index >= 15 is 0 Å². The SMILES string of the molecule is CC(C)n1ccoc1=S. The summed E-state index contributed by atoms with van der Waals surface area (Å²) in [5.41, 5.74) is 0. The summed E-state index contributed by atoms with van der Waals surface area (Å²) in [5.74, 6) is 0. The molecule has 0 unspecified atom stereocenters. The molecule has 0 bridgehead atoms. The summed E-state index contributed by atoms with van der Waals surface area (Å²) in [6.07, 6.45) is 3.44. The Bertz CT molecular complexity index is 235. The molecule has 1 heterocycles. The van der Waals surface area contributed by atoms with E-state index in [-0.39, 0.29) is 0 Å². The van der Waals surface area contributed by atoms with Gasteiger partial charge in [-0.25, -0.2) is 0 Å². The normalized spacial score (nSPS) is 10.6. The maximum Gasteiger partial charge on any atom is 0.268 e. The van der Waals surface area contributed by atoms with Gasteiger partial charge in [0.25, 0.3) is 4.84 Å². The van der Waals surface area contributed by atoms with Crippen molar-refractivity contribution in [3.05, 3.63) is 17.3 Å². The number of hydrogen-bond donors (Lipinski definition) is 0. The molecule has 0 N–H and O–H groups in total. The van der Waals surface area contributed by atoms with Crippen LogP contribution in [0.2, 0.25) is 0 Å². The number of oxazole rings is 1. The fourth-order valence-corrected chi connectivity index (χ4v) is 0.986. The van der Waals surface area contributed by atoms with Gasteiger partial charge in [-0.1, -0.05) is 0 Å². The van der Waals surface area contributed by atoms with E-state index in [2.05, 4.69) is 13.8 Å². The minimum absolute atomic E-state index is 0.399. The molecule has 0 saturated carbocycles. The van der Waals surface area contributed by atoms with E-state index in [0.29, 0.717) is 10.9 Å². The molecule has 3 heteroatoms. The van der Waals surface area contributed by atoms with Gasteiger partial charge < -0.3 is 8.98 Å². The minimum atomic E-state index is 0.399. The van der Waals surface area contributed by atoms with Gasteiger partial charge in [0, 0.05) is 12.2 Å². The molecule has 0 aliphatic heterocycles. The van der Waals surface area contributed by atoms with Crippen LogP contribution in [0.3, 0.4) is 0 Å². The first-order chi connectivity index (χ1) is 4.22. The maximum absolute atomic E-state index is 4.90. The Morgan fingerprint density at radius 2 is 2.33 bits per heavy atom. The molecule has 2 nitrogen and oxygen atoms in total. The van der Waals surface area contributed by atoms with Crippen molar-refractivity contribution in [3.8, 4) is 0 Å². The predicted octanol–water partition coefficient (Wildman–Crippen LogP) is 2.39. The van der Waals surface area contributed by atoms with Gasteiger partial charge in [0.15, 0.2) is 0 Å². The zero-order valence-electron chi connectivity index (χ0n) is 5.50. The molecular weight excluding hydrogens is 134 g/mol. The first kappa shape index (κ1) is 6.55. The second-order valence-corrected chi connectivity index (χ2v) is 2.52. The summed E-state index contributed by atoms with van der Waals surface area (Å²) in [4.78, 5) is 0.546. The molecule has 0 aromatic carbocycles. The largest absolute Gasteiger partial charge is 0.438 e. The van der Waals surface area contributed by atoms with E-state index in [9.17, 15) is 0 Å². The van der Waals surface area contributed by atoms with Gasteiger partial charge in [0.1, 0.15) is 6.26 Å². The van der Waals surface area contributed by atoms with Crippen molar-refractivity contribution >= 4 is 12.2 Å². The summed E-state index contributed by atoms with van der Waals surface area (Å²) >= 11 is 4.86. The van der Waals surface area contributed by atoms with Crippen molar-refractivity contribution in [2.75, 3.05) is 0 Å². The Kier molecular flexibility index (Phi) is 1.71. The molecule has 0 aliphatic carbocycles. The number of aromatic nitrogens is 1. The quantitative estimate of drug-likeness (QED) is 0.562. The lowest BCUT2D eigenvalue weighted by Crippen LogP contribution is -1.96. The minimum Gasteiger partial charge on any atom is -0.438 e. The fourth-order valence-electron chi connectivity index (χ4n) is 0.659. The number of hydrogen-bond acceptors (Lipinski definition) is 2. The average molecular weight is 143 g/mol. The van der Waals surface area contributed by atoms with Crippen LogP contribution in [0.15, 0.2) is 16.9 Å². The first-order valence-electron chi connectivity index (χ1n) is 2.87. The highest BCUT2D eigenvalue weighted by molar-refractivity contribution is 7.71. The van der Waals surface area contributed by atoms with Crippen LogP contribution in [-0.4, -0.2) is 4.57 Å². The molecule has 0 atom stereocenters. The molecule has 0 aliphatic rings. The van der Waals surface area contributed by atoms with Gasteiger partial charge >= 0.3 is 0 Å². The molecule has 0 saturated heterocycles. The fraction of sp³-hybridized carbons (Fsp3) is 0.500. The zero-order valence-corrected chi connectivity index (χ0v) is 6.31. The van der Waals surface area contributed by atoms with Crippen LogP contribution < -0.4 is 0 Å².